The lowest BCUT2D eigenvalue weighted by atomic mass is 10.1. The largest absolute Gasteiger partial charge is 0.491 e. The van der Waals surface area contributed by atoms with Gasteiger partial charge in [0.2, 0.25) is 0 Å². The molecule has 0 aliphatic carbocycles. The molecule has 2 aromatic carbocycles. The maximum atomic E-state index is 5.87. The minimum atomic E-state index is 0.459. The lowest BCUT2D eigenvalue weighted by molar-refractivity contribution is 0.0274. The van der Waals surface area contributed by atoms with Crippen LogP contribution in [0.3, 0.4) is 0 Å². The van der Waals surface area contributed by atoms with E-state index in [-0.39, 0.29) is 0 Å². The van der Waals surface area contributed by atoms with Gasteiger partial charge in [0.15, 0.2) is 0 Å². The molecule has 0 atom stereocenters. The van der Waals surface area contributed by atoms with Gasteiger partial charge in [-0.1, -0.05) is 36.4 Å². The summed E-state index contributed by atoms with van der Waals surface area (Å²) in [6, 6.07) is 27.8. The first kappa shape index (κ1) is 25.6. The zero-order valence-electron chi connectivity index (χ0n) is 22.1. The van der Waals surface area contributed by atoms with Crippen LogP contribution in [-0.2, 0) is 9.47 Å². The van der Waals surface area contributed by atoms with Crippen molar-refractivity contribution < 1.29 is 18.9 Å². The maximum Gasteiger partial charge on any atom is 0.137 e. The first-order valence-electron chi connectivity index (χ1n) is 13.3. The van der Waals surface area contributed by atoms with Gasteiger partial charge in [-0.3, -0.25) is 0 Å². The number of rotatable bonds is 13. The molecule has 0 aliphatic heterocycles. The highest BCUT2D eigenvalue weighted by atomic mass is 16.6. The second-order valence-corrected chi connectivity index (χ2v) is 9.16. The average molecular weight is 535 g/mol. The molecule has 0 aliphatic rings. The lowest BCUT2D eigenvalue weighted by Crippen LogP contribution is -2.13. The fourth-order valence-corrected chi connectivity index (χ4v) is 4.40. The first-order chi connectivity index (χ1) is 19.8. The van der Waals surface area contributed by atoms with Gasteiger partial charge in [-0.2, -0.15) is 0 Å². The number of hydrogen-bond acceptors (Lipinski definition) is 6. The highest BCUT2D eigenvalue weighted by Crippen LogP contribution is 2.25. The Morgan fingerprint density at radius 2 is 0.975 bits per heavy atom. The van der Waals surface area contributed by atoms with E-state index >= 15 is 0 Å². The third kappa shape index (κ3) is 6.31. The van der Waals surface area contributed by atoms with Crippen LogP contribution in [0, 0.1) is 0 Å². The van der Waals surface area contributed by atoms with Gasteiger partial charge < -0.3 is 27.7 Å². The molecule has 202 valence electrons. The second kappa shape index (κ2) is 12.5. The Morgan fingerprint density at radius 1 is 0.500 bits per heavy atom. The predicted octanol–water partition coefficient (Wildman–Crippen LogP) is 5.81. The molecule has 8 heteroatoms. The van der Waals surface area contributed by atoms with Crippen molar-refractivity contribution >= 4 is 11.3 Å². The van der Waals surface area contributed by atoms with Crippen molar-refractivity contribution in [3.05, 3.63) is 110 Å². The highest BCUT2D eigenvalue weighted by Gasteiger charge is 2.07. The van der Waals surface area contributed by atoms with Crippen molar-refractivity contribution in [3.8, 4) is 34.0 Å². The van der Waals surface area contributed by atoms with Gasteiger partial charge >= 0.3 is 0 Å². The van der Waals surface area contributed by atoms with E-state index in [1.807, 2.05) is 119 Å². The van der Waals surface area contributed by atoms with Crippen molar-refractivity contribution in [1.82, 2.24) is 18.8 Å². The van der Waals surface area contributed by atoms with Gasteiger partial charge in [0.05, 0.1) is 37.8 Å². The van der Waals surface area contributed by atoms with E-state index in [2.05, 4.69) is 9.97 Å². The topological polar surface area (TPSA) is 71.5 Å². The predicted molar refractivity (Wildman–Crippen MR) is 154 cm³/mol. The van der Waals surface area contributed by atoms with Crippen LogP contribution in [0.4, 0.5) is 0 Å². The number of nitrogens with zero attached hydrogens (tertiary/aromatic N) is 4. The lowest BCUT2D eigenvalue weighted by Gasteiger charge is -2.09. The molecule has 0 saturated heterocycles. The van der Waals surface area contributed by atoms with Gasteiger partial charge in [0, 0.05) is 35.9 Å². The standard InChI is InChI=1S/C32H30N4O4/c1-3-13-35-23-29(33-31(35)11-1)25-7-5-9-27(21-25)39-19-17-37-15-16-38-18-20-40-28-10-6-8-26(22-28)30-24-36-14-4-2-12-32(36)34-30/h1-14,21-24H,15-20H2. The number of ether oxygens (including phenoxy) is 4. The summed E-state index contributed by atoms with van der Waals surface area (Å²) in [6.07, 6.45) is 8.01. The number of hydrogen-bond donors (Lipinski definition) is 0. The Balaban J connectivity index is 0.863. The first-order valence-corrected chi connectivity index (χ1v) is 13.3. The fraction of sp³-hybridized carbons (Fsp3) is 0.188. The minimum Gasteiger partial charge on any atom is -0.491 e. The van der Waals surface area contributed by atoms with E-state index in [1.165, 1.54) is 0 Å². The van der Waals surface area contributed by atoms with E-state index in [0.29, 0.717) is 39.6 Å². The summed E-state index contributed by atoms with van der Waals surface area (Å²) in [4.78, 5) is 9.35. The molecule has 4 aromatic heterocycles. The van der Waals surface area contributed by atoms with Crippen LogP contribution in [0.5, 0.6) is 11.5 Å². The van der Waals surface area contributed by atoms with Crippen molar-refractivity contribution in [2.75, 3.05) is 39.6 Å². The molecule has 6 aromatic rings. The summed E-state index contributed by atoms with van der Waals surface area (Å²) in [5, 5.41) is 0. The van der Waals surface area contributed by atoms with Crippen molar-refractivity contribution in [1.29, 1.82) is 0 Å². The van der Waals surface area contributed by atoms with Crippen LogP contribution in [0.1, 0.15) is 0 Å². The summed E-state index contributed by atoms with van der Waals surface area (Å²) in [7, 11) is 0. The van der Waals surface area contributed by atoms with E-state index in [1.54, 1.807) is 0 Å². The molecule has 0 amide bonds. The molecule has 0 N–H and O–H groups in total. The van der Waals surface area contributed by atoms with Crippen LogP contribution in [0.15, 0.2) is 110 Å². The SMILES string of the molecule is c1cc(OCCOCCOCCOc2cccc(-c3cn4ccccc4n3)c2)cc(-c2cn3ccccc3n2)c1. The van der Waals surface area contributed by atoms with Crippen LogP contribution in [-0.4, -0.2) is 58.4 Å². The smallest absolute Gasteiger partial charge is 0.137 e. The van der Waals surface area contributed by atoms with Crippen LogP contribution in [0.2, 0.25) is 0 Å². The second-order valence-electron chi connectivity index (χ2n) is 9.16. The van der Waals surface area contributed by atoms with Gasteiger partial charge in [-0.25, -0.2) is 9.97 Å². The van der Waals surface area contributed by atoms with Gasteiger partial charge in [-0.05, 0) is 48.5 Å². The Labute approximate surface area is 232 Å². The summed E-state index contributed by atoms with van der Waals surface area (Å²) < 4.78 is 27.0. The molecule has 0 unspecified atom stereocenters. The Morgan fingerprint density at radius 3 is 1.45 bits per heavy atom. The molecule has 0 fully saturated rings. The quantitative estimate of drug-likeness (QED) is 0.174. The third-order valence-corrected chi connectivity index (χ3v) is 6.35. The summed E-state index contributed by atoms with van der Waals surface area (Å²) in [5.41, 5.74) is 5.68. The molecule has 0 spiro atoms. The summed E-state index contributed by atoms with van der Waals surface area (Å²) in [5.74, 6) is 1.58. The van der Waals surface area contributed by atoms with Gasteiger partial charge in [-0.15, -0.1) is 0 Å². The minimum absolute atomic E-state index is 0.459. The number of pyridine rings is 2. The van der Waals surface area contributed by atoms with E-state index in [0.717, 1.165) is 45.3 Å². The highest BCUT2D eigenvalue weighted by molar-refractivity contribution is 5.65. The fourth-order valence-electron chi connectivity index (χ4n) is 4.40. The number of fused-ring (bicyclic) bond motifs is 2. The number of benzene rings is 2. The van der Waals surface area contributed by atoms with E-state index in [4.69, 9.17) is 18.9 Å². The molecule has 4 heterocycles. The molecule has 40 heavy (non-hydrogen) atoms. The van der Waals surface area contributed by atoms with Gasteiger partial charge in [0.25, 0.3) is 0 Å². The molecule has 0 saturated carbocycles. The monoisotopic (exact) mass is 534 g/mol. The third-order valence-electron chi connectivity index (χ3n) is 6.35. The van der Waals surface area contributed by atoms with Crippen molar-refractivity contribution in [2.45, 2.75) is 0 Å². The molecule has 0 bridgehead atoms. The Bertz CT molecular complexity index is 1500. The van der Waals surface area contributed by atoms with Crippen LogP contribution < -0.4 is 9.47 Å². The van der Waals surface area contributed by atoms with Crippen molar-refractivity contribution in [2.24, 2.45) is 0 Å². The van der Waals surface area contributed by atoms with Crippen LogP contribution in [0.25, 0.3) is 33.8 Å². The molecule has 6 rings (SSSR count). The van der Waals surface area contributed by atoms with E-state index < -0.39 is 0 Å². The van der Waals surface area contributed by atoms with Crippen molar-refractivity contribution in [3.63, 3.8) is 0 Å². The zero-order valence-corrected chi connectivity index (χ0v) is 22.1. The maximum absolute atomic E-state index is 5.87. The summed E-state index contributed by atoms with van der Waals surface area (Å²) in [6.45, 7) is 2.87. The molecule has 8 nitrogen and oxygen atoms in total. The van der Waals surface area contributed by atoms with E-state index in [9.17, 15) is 0 Å². The number of aromatic nitrogens is 4. The Kier molecular flexibility index (Phi) is 7.98. The van der Waals surface area contributed by atoms with Gasteiger partial charge in [0.1, 0.15) is 36.0 Å². The zero-order chi connectivity index (χ0) is 27.0. The average Bonchev–Trinajstić information content (AvgIpc) is 3.63. The molecule has 0 radical (unpaired) electrons. The molecular formula is C32H30N4O4. The summed E-state index contributed by atoms with van der Waals surface area (Å²) >= 11 is 0. The Hall–Kier alpha value is -4.66. The number of imidazole rings is 2. The normalized spacial score (nSPS) is 11.3. The van der Waals surface area contributed by atoms with Crippen LogP contribution >= 0.6 is 0 Å². The molecular weight excluding hydrogens is 504 g/mol.